The molecule has 0 saturated heterocycles. The van der Waals surface area contributed by atoms with Gasteiger partial charge in [0, 0.05) is 12.1 Å². The molecule has 3 nitrogen and oxygen atoms in total. The van der Waals surface area contributed by atoms with Gasteiger partial charge in [-0.1, -0.05) is 12.1 Å². The molecule has 0 radical (unpaired) electrons. The van der Waals surface area contributed by atoms with Crippen molar-refractivity contribution in [3.63, 3.8) is 0 Å². The Morgan fingerprint density at radius 1 is 1.35 bits per heavy atom. The van der Waals surface area contributed by atoms with Crippen molar-refractivity contribution in [1.82, 2.24) is 5.32 Å². The summed E-state index contributed by atoms with van der Waals surface area (Å²) in [7, 11) is 0. The van der Waals surface area contributed by atoms with E-state index in [-0.39, 0.29) is 12.1 Å². The smallest absolute Gasteiger partial charge is 0.272 e. The van der Waals surface area contributed by atoms with Crippen LogP contribution in [0.25, 0.3) is 0 Å². The van der Waals surface area contributed by atoms with Gasteiger partial charge >= 0.3 is 0 Å². The zero-order valence-electron chi connectivity index (χ0n) is 11.6. The Morgan fingerprint density at radius 3 is 2.50 bits per heavy atom. The molecule has 1 fully saturated rings. The van der Waals surface area contributed by atoms with E-state index in [0.29, 0.717) is 18.2 Å². The number of nitrogens with one attached hydrogen (secondary N) is 1. The number of hydrogen-bond acceptors (Lipinski definition) is 3. The molecule has 0 aromatic heterocycles. The predicted octanol–water partition coefficient (Wildman–Crippen LogP) is 2.58. The van der Waals surface area contributed by atoms with Gasteiger partial charge in [-0.3, -0.25) is 0 Å². The Kier molecular flexibility index (Phi) is 4.94. The lowest BCUT2D eigenvalue weighted by molar-refractivity contribution is 0.0819. The molecule has 2 N–H and O–H groups in total. The van der Waals surface area contributed by atoms with Crippen LogP contribution in [-0.4, -0.2) is 30.3 Å². The average Bonchev–Trinajstić information content (AvgIpc) is 3.28. The van der Waals surface area contributed by atoms with E-state index in [4.69, 9.17) is 4.74 Å². The van der Waals surface area contributed by atoms with E-state index >= 15 is 0 Å². The highest BCUT2D eigenvalue weighted by molar-refractivity contribution is 5.27. The number of aliphatic hydroxyl groups is 1. The molecule has 1 unspecified atom stereocenters. The lowest BCUT2D eigenvalue weighted by atomic mass is 9.96. The highest BCUT2D eigenvalue weighted by Crippen LogP contribution is 2.39. The van der Waals surface area contributed by atoms with Crippen LogP contribution in [0.15, 0.2) is 24.3 Å². The topological polar surface area (TPSA) is 41.5 Å². The van der Waals surface area contributed by atoms with Crippen molar-refractivity contribution in [3.05, 3.63) is 29.8 Å². The van der Waals surface area contributed by atoms with E-state index in [1.807, 2.05) is 19.1 Å². The third-order valence-corrected chi connectivity index (χ3v) is 3.80. The second kappa shape index (κ2) is 6.50. The second-order valence-electron chi connectivity index (χ2n) is 5.55. The van der Waals surface area contributed by atoms with Crippen molar-refractivity contribution < 1.29 is 18.6 Å². The molecule has 1 atom stereocenters. The number of aliphatic hydroxyl groups excluding tert-OH is 1. The Morgan fingerprint density at radius 2 is 2.00 bits per heavy atom. The van der Waals surface area contributed by atoms with E-state index in [0.717, 1.165) is 18.4 Å². The molecule has 2 rings (SSSR count). The van der Waals surface area contributed by atoms with Gasteiger partial charge in [-0.05, 0) is 43.4 Å². The van der Waals surface area contributed by atoms with Crippen molar-refractivity contribution in [2.75, 3.05) is 13.2 Å². The SMILES string of the molecule is CC(CO)(NCc1ccc(OCC(F)F)cc1)C1CC1. The van der Waals surface area contributed by atoms with Crippen LogP contribution in [0, 0.1) is 5.92 Å². The van der Waals surface area contributed by atoms with Gasteiger partial charge in [0.25, 0.3) is 6.43 Å². The molecule has 0 amide bonds. The maximum atomic E-state index is 12.0. The summed E-state index contributed by atoms with van der Waals surface area (Å²) in [6, 6.07) is 7.07. The molecule has 0 heterocycles. The van der Waals surface area contributed by atoms with Crippen molar-refractivity contribution in [2.24, 2.45) is 5.92 Å². The van der Waals surface area contributed by atoms with Gasteiger partial charge in [0.1, 0.15) is 12.4 Å². The molecule has 1 aliphatic carbocycles. The van der Waals surface area contributed by atoms with Gasteiger partial charge in [0.2, 0.25) is 0 Å². The van der Waals surface area contributed by atoms with Gasteiger partial charge < -0.3 is 15.2 Å². The van der Waals surface area contributed by atoms with E-state index in [2.05, 4.69) is 5.32 Å². The fourth-order valence-electron chi connectivity index (χ4n) is 2.22. The monoisotopic (exact) mass is 285 g/mol. The van der Waals surface area contributed by atoms with Crippen molar-refractivity contribution in [2.45, 2.75) is 38.3 Å². The Balaban J connectivity index is 1.84. The molecule has 1 aromatic rings. The standard InChI is InChI=1S/C15H21F2NO2/c1-15(10-19,12-4-5-12)18-8-11-2-6-13(7-3-11)20-9-14(16)17/h2-3,6-7,12,14,18-19H,4-5,8-10H2,1H3. The largest absolute Gasteiger partial charge is 0.488 e. The second-order valence-corrected chi connectivity index (χ2v) is 5.55. The lowest BCUT2D eigenvalue weighted by Gasteiger charge is -2.29. The molecule has 1 saturated carbocycles. The van der Waals surface area contributed by atoms with Crippen LogP contribution in [0.5, 0.6) is 5.75 Å². The number of hydrogen-bond donors (Lipinski definition) is 2. The summed E-state index contributed by atoms with van der Waals surface area (Å²) in [5.41, 5.74) is 0.805. The van der Waals surface area contributed by atoms with Crippen LogP contribution in [0.1, 0.15) is 25.3 Å². The van der Waals surface area contributed by atoms with Gasteiger partial charge in [-0.2, -0.15) is 0 Å². The highest BCUT2D eigenvalue weighted by Gasteiger charge is 2.40. The zero-order chi connectivity index (χ0) is 14.6. The molecular weight excluding hydrogens is 264 g/mol. The molecule has 20 heavy (non-hydrogen) atoms. The Hall–Kier alpha value is -1.20. The zero-order valence-corrected chi connectivity index (χ0v) is 11.6. The molecule has 112 valence electrons. The lowest BCUT2D eigenvalue weighted by Crippen LogP contribution is -2.47. The van der Waals surface area contributed by atoms with Crippen molar-refractivity contribution in [1.29, 1.82) is 0 Å². The van der Waals surface area contributed by atoms with E-state index < -0.39 is 13.0 Å². The highest BCUT2D eigenvalue weighted by atomic mass is 19.3. The fourth-order valence-corrected chi connectivity index (χ4v) is 2.22. The van der Waals surface area contributed by atoms with Gasteiger partial charge in [0.15, 0.2) is 0 Å². The summed E-state index contributed by atoms with van der Waals surface area (Å²) in [4.78, 5) is 0. The molecular formula is C15H21F2NO2. The first-order valence-corrected chi connectivity index (χ1v) is 6.89. The molecule has 0 spiro atoms. The van der Waals surface area contributed by atoms with Crippen molar-refractivity contribution in [3.8, 4) is 5.75 Å². The van der Waals surface area contributed by atoms with Gasteiger partial charge in [0.05, 0.1) is 6.61 Å². The van der Waals surface area contributed by atoms with E-state index in [9.17, 15) is 13.9 Å². The first-order valence-electron chi connectivity index (χ1n) is 6.89. The third-order valence-electron chi connectivity index (χ3n) is 3.80. The molecule has 5 heteroatoms. The van der Waals surface area contributed by atoms with E-state index in [1.54, 1.807) is 12.1 Å². The average molecular weight is 285 g/mol. The summed E-state index contributed by atoms with van der Waals surface area (Å²) < 4.78 is 29.0. The summed E-state index contributed by atoms with van der Waals surface area (Å²) in [6.45, 7) is 2.21. The third kappa shape index (κ3) is 4.15. The van der Waals surface area contributed by atoms with Gasteiger partial charge in [-0.25, -0.2) is 8.78 Å². The quantitative estimate of drug-likeness (QED) is 0.771. The fraction of sp³-hybridized carbons (Fsp3) is 0.600. The number of ether oxygens (including phenoxy) is 1. The Bertz CT molecular complexity index is 420. The summed E-state index contributed by atoms with van der Waals surface area (Å²) in [5.74, 6) is 0.988. The van der Waals surface area contributed by atoms with Crippen LogP contribution in [-0.2, 0) is 6.54 Å². The van der Waals surface area contributed by atoms with Crippen LogP contribution in [0.4, 0.5) is 8.78 Å². The molecule has 1 aromatic carbocycles. The minimum absolute atomic E-state index is 0.118. The maximum Gasteiger partial charge on any atom is 0.272 e. The minimum atomic E-state index is -2.46. The van der Waals surface area contributed by atoms with Gasteiger partial charge in [-0.15, -0.1) is 0 Å². The predicted molar refractivity (Wildman–Crippen MR) is 73.0 cm³/mol. The summed E-state index contributed by atoms with van der Waals surface area (Å²) in [6.07, 6.45) is -0.144. The van der Waals surface area contributed by atoms with Crippen LogP contribution < -0.4 is 10.1 Å². The van der Waals surface area contributed by atoms with E-state index in [1.165, 1.54) is 0 Å². The molecule has 1 aliphatic rings. The maximum absolute atomic E-state index is 12.0. The molecule has 0 bridgehead atoms. The Labute approximate surface area is 117 Å². The van der Waals surface area contributed by atoms with Crippen LogP contribution in [0.2, 0.25) is 0 Å². The first-order chi connectivity index (χ1) is 9.53. The molecule has 0 aliphatic heterocycles. The number of benzene rings is 1. The summed E-state index contributed by atoms with van der Waals surface area (Å²) in [5, 5.41) is 12.9. The first kappa shape index (κ1) is 15.2. The van der Waals surface area contributed by atoms with Crippen LogP contribution in [0.3, 0.4) is 0 Å². The normalized spacial score (nSPS) is 18.1. The van der Waals surface area contributed by atoms with Crippen LogP contribution >= 0.6 is 0 Å². The number of halogens is 2. The summed E-state index contributed by atoms with van der Waals surface area (Å²) >= 11 is 0. The number of alkyl halides is 2. The minimum Gasteiger partial charge on any atom is -0.488 e. The van der Waals surface area contributed by atoms with Crippen molar-refractivity contribution >= 4 is 0 Å². The number of rotatable bonds is 8.